The predicted molar refractivity (Wildman–Crippen MR) is 72.2 cm³/mol. The van der Waals surface area contributed by atoms with Gasteiger partial charge in [0.25, 0.3) is 0 Å². The van der Waals surface area contributed by atoms with Gasteiger partial charge in [0.15, 0.2) is 0 Å². The summed E-state index contributed by atoms with van der Waals surface area (Å²) in [5.74, 6) is 0. The zero-order valence-corrected chi connectivity index (χ0v) is 11.5. The monoisotopic (exact) mass is 243 g/mol. The molecular formula is C13H29N3O. The summed E-state index contributed by atoms with van der Waals surface area (Å²) in [5.41, 5.74) is 6.07. The van der Waals surface area contributed by atoms with Gasteiger partial charge in [-0.1, -0.05) is 13.8 Å². The first kappa shape index (κ1) is 14.9. The van der Waals surface area contributed by atoms with E-state index in [1.54, 1.807) is 0 Å². The van der Waals surface area contributed by atoms with E-state index in [1.165, 1.54) is 0 Å². The standard InChI is InChI=1S/C13H29N3O/c1-3-16(4-2)9-8-15-13(12-14)6-5-10-17-11-7-13/h15H,3-12,14H2,1-2H3. The molecule has 4 heteroatoms. The van der Waals surface area contributed by atoms with E-state index >= 15 is 0 Å². The predicted octanol–water partition coefficient (Wildman–Crippen LogP) is 0.816. The Bertz CT molecular complexity index is 187. The molecule has 4 nitrogen and oxygen atoms in total. The Morgan fingerprint density at radius 1 is 1.24 bits per heavy atom. The van der Waals surface area contributed by atoms with Gasteiger partial charge in [0.05, 0.1) is 0 Å². The summed E-state index contributed by atoms with van der Waals surface area (Å²) in [6, 6.07) is 0. The molecule has 1 fully saturated rings. The molecule has 1 rings (SSSR count). The Kier molecular flexibility index (Phi) is 7.04. The zero-order valence-electron chi connectivity index (χ0n) is 11.5. The lowest BCUT2D eigenvalue weighted by molar-refractivity contribution is 0.136. The molecule has 1 unspecified atom stereocenters. The van der Waals surface area contributed by atoms with E-state index in [-0.39, 0.29) is 5.54 Å². The highest BCUT2D eigenvalue weighted by molar-refractivity contribution is 4.90. The van der Waals surface area contributed by atoms with E-state index in [0.717, 1.165) is 58.7 Å². The van der Waals surface area contributed by atoms with Gasteiger partial charge < -0.3 is 20.7 Å². The Morgan fingerprint density at radius 3 is 2.65 bits per heavy atom. The first-order chi connectivity index (χ1) is 8.26. The van der Waals surface area contributed by atoms with Crippen molar-refractivity contribution in [3.63, 3.8) is 0 Å². The van der Waals surface area contributed by atoms with E-state index in [1.807, 2.05) is 0 Å². The Hall–Kier alpha value is -0.160. The highest BCUT2D eigenvalue weighted by Gasteiger charge is 2.28. The fourth-order valence-electron chi connectivity index (χ4n) is 2.48. The third-order valence-electron chi connectivity index (χ3n) is 3.88. The quantitative estimate of drug-likeness (QED) is 0.695. The van der Waals surface area contributed by atoms with Crippen LogP contribution in [-0.4, -0.2) is 56.4 Å². The largest absolute Gasteiger partial charge is 0.381 e. The first-order valence-electron chi connectivity index (χ1n) is 7.01. The minimum atomic E-state index is 0.115. The second-order valence-corrected chi connectivity index (χ2v) is 4.90. The number of nitrogens with two attached hydrogens (primary N) is 1. The number of likely N-dealkylation sites (N-methyl/N-ethyl adjacent to an activating group) is 1. The molecule has 0 aromatic heterocycles. The van der Waals surface area contributed by atoms with Crippen LogP contribution in [0.2, 0.25) is 0 Å². The highest BCUT2D eigenvalue weighted by Crippen LogP contribution is 2.19. The van der Waals surface area contributed by atoms with Gasteiger partial charge in [0.2, 0.25) is 0 Å². The molecule has 3 N–H and O–H groups in total. The Labute approximate surface area is 106 Å². The van der Waals surface area contributed by atoms with Crippen LogP contribution in [0.15, 0.2) is 0 Å². The van der Waals surface area contributed by atoms with E-state index in [0.29, 0.717) is 6.54 Å². The van der Waals surface area contributed by atoms with Gasteiger partial charge in [-0.3, -0.25) is 0 Å². The summed E-state index contributed by atoms with van der Waals surface area (Å²) >= 11 is 0. The molecule has 0 aromatic carbocycles. The molecule has 0 saturated carbocycles. The van der Waals surface area contributed by atoms with E-state index in [9.17, 15) is 0 Å². The molecule has 0 aliphatic carbocycles. The lowest BCUT2D eigenvalue weighted by atomic mass is 9.90. The summed E-state index contributed by atoms with van der Waals surface area (Å²) in [4.78, 5) is 2.43. The van der Waals surface area contributed by atoms with Crippen molar-refractivity contribution in [1.82, 2.24) is 10.2 Å². The summed E-state index contributed by atoms with van der Waals surface area (Å²) in [6.45, 7) is 11.2. The van der Waals surface area contributed by atoms with Crippen LogP contribution in [0.5, 0.6) is 0 Å². The smallest absolute Gasteiger partial charge is 0.0484 e. The molecule has 17 heavy (non-hydrogen) atoms. The normalized spacial score (nSPS) is 26.1. The summed E-state index contributed by atoms with van der Waals surface area (Å²) in [5, 5.41) is 3.68. The Balaban J connectivity index is 2.34. The van der Waals surface area contributed by atoms with E-state index < -0.39 is 0 Å². The fraction of sp³-hybridized carbons (Fsp3) is 1.00. The van der Waals surface area contributed by atoms with Crippen molar-refractivity contribution < 1.29 is 4.74 Å². The van der Waals surface area contributed by atoms with E-state index in [2.05, 4.69) is 24.1 Å². The minimum absolute atomic E-state index is 0.115. The fourth-order valence-corrected chi connectivity index (χ4v) is 2.48. The number of hydrogen-bond donors (Lipinski definition) is 2. The van der Waals surface area contributed by atoms with Crippen LogP contribution in [0.1, 0.15) is 33.1 Å². The SMILES string of the molecule is CCN(CC)CCNC1(CN)CCCOCC1. The molecule has 1 aliphatic rings. The van der Waals surface area contributed by atoms with Crippen molar-refractivity contribution in [2.45, 2.75) is 38.6 Å². The molecule has 1 heterocycles. The summed E-state index contributed by atoms with van der Waals surface area (Å²) < 4.78 is 5.52. The van der Waals surface area contributed by atoms with Crippen molar-refractivity contribution in [3.05, 3.63) is 0 Å². The molecule has 1 atom stereocenters. The second-order valence-electron chi connectivity index (χ2n) is 4.90. The number of ether oxygens (including phenoxy) is 1. The van der Waals surface area contributed by atoms with Gasteiger partial charge >= 0.3 is 0 Å². The van der Waals surface area contributed by atoms with Crippen LogP contribution in [0.25, 0.3) is 0 Å². The Morgan fingerprint density at radius 2 is 2.00 bits per heavy atom. The maximum Gasteiger partial charge on any atom is 0.0484 e. The average molecular weight is 243 g/mol. The van der Waals surface area contributed by atoms with Crippen molar-refractivity contribution >= 4 is 0 Å². The highest BCUT2D eigenvalue weighted by atomic mass is 16.5. The maximum absolute atomic E-state index is 5.96. The lowest BCUT2D eigenvalue weighted by Gasteiger charge is -2.33. The number of nitrogens with zero attached hydrogens (tertiary/aromatic N) is 1. The molecule has 1 aliphatic heterocycles. The van der Waals surface area contributed by atoms with Crippen LogP contribution in [0.3, 0.4) is 0 Å². The second kappa shape index (κ2) is 8.03. The molecular weight excluding hydrogens is 214 g/mol. The van der Waals surface area contributed by atoms with Crippen LogP contribution in [0.4, 0.5) is 0 Å². The van der Waals surface area contributed by atoms with Gasteiger partial charge in [0.1, 0.15) is 0 Å². The van der Waals surface area contributed by atoms with Gasteiger partial charge in [-0.05, 0) is 32.4 Å². The molecule has 102 valence electrons. The number of hydrogen-bond acceptors (Lipinski definition) is 4. The minimum Gasteiger partial charge on any atom is -0.381 e. The number of nitrogens with one attached hydrogen (secondary N) is 1. The molecule has 1 saturated heterocycles. The van der Waals surface area contributed by atoms with E-state index in [4.69, 9.17) is 10.5 Å². The maximum atomic E-state index is 5.96. The average Bonchev–Trinajstić information content (AvgIpc) is 2.61. The van der Waals surface area contributed by atoms with Gasteiger partial charge in [-0.2, -0.15) is 0 Å². The van der Waals surface area contributed by atoms with Crippen molar-refractivity contribution in [1.29, 1.82) is 0 Å². The molecule has 0 radical (unpaired) electrons. The molecule has 0 amide bonds. The molecule has 0 aromatic rings. The van der Waals surface area contributed by atoms with Gasteiger partial charge in [-0.25, -0.2) is 0 Å². The number of rotatable bonds is 7. The van der Waals surface area contributed by atoms with Crippen LogP contribution in [-0.2, 0) is 4.74 Å². The van der Waals surface area contributed by atoms with Crippen LogP contribution in [0, 0.1) is 0 Å². The van der Waals surface area contributed by atoms with Crippen LogP contribution < -0.4 is 11.1 Å². The van der Waals surface area contributed by atoms with Crippen molar-refractivity contribution in [2.75, 3.05) is 45.9 Å². The first-order valence-corrected chi connectivity index (χ1v) is 7.01. The van der Waals surface area contributed by atoms with Gasteiger partial charge in [-0.15, -0.1) is 0 Å². The third kappa shape index (κ3) is 4.92. The topological polar surface area (TPSA) is 50.5 Å². The van der Waals surface area contributed by atoms with Crippen LogP contribution >= 0.6 is 0 Å². The van der Waals surface area contributed by atoms with Crippen molar-refractivity contribution in [3.8, 4) is 0 Å². The molecule has 0 spiro atoms. The lowest BCUT2D eigenvalue weighted by Crippen LogP contribution is -2.53. The molecule has 0 bridgehead atoms. The van der Waals surface area contributed by atoms with Crippen molar-refractivity contribution in [2.24, 2.45) is 5.73 Å². The summed E-state index contributed by atoms with van der Waals surface area (Å²) in [7, 11) is 0. The zero-order chi connectivity index (χ0) is 12.6. The third-order valence-corrected chi connectivity index (χ3v) is 3.88. The summed E-state index contributed by atoms with van der Waals surface area (Å²) in [6.07, 6.45) is 3.30. The van der Waals surface area contributed by atoms with Gasteiger partial charge in [0, 0.05) is 38.4 Å².